The molecule has 1 N–H and O–H groups in total. The Morgan fingerprint density at radius 1 is 1.03 bits per heavy atom. The Bertz CT molecular complexity index is 1370. The van der Waals surface area contributed by atoms with Crippen LogP contribution in [0.5, 0.6) is 17.2 Å². The van der Waals surface area contributed by atoms with E-state index in [2.05, 4.69) is 5.32 Å². The van der Waals surface area contributed by atoms with Crippen molar-refractivity contribution in [2.45, 2.75) is 18.7 Å². The topological polar surface area (TPSA) is 115 Å². The second kappa shape index (κ2) is 11.2. The van der Waals surface area contributed by atoms with Crippen LogP contribution in [0.3, 0.4) is 0 Å². The second-order valence-electron chi connectivity index (χ2n) is 7.34. The van der Waals surface area contributed by atoms with Crippen molar-refractivity contribution in [2.24, 2.45) is 0 Å². The Hall–Kier alpha value is -4.29. The van der Waals surface area contributed by atoms with Crippen LogP contribution >= 0.6 is 0 Å². The van der Waals surface area contributed by atoms with E-state index in [1.165, 1.54) is 43.5 Å². The highest BCUT2D eigenvalue weighted by atomic mass is 32.2. The number of ether oxygens (including phenoxy) is 2. The third-order valence-electron chi connectivity index (χ3n) is 4.80. The summed E-state index contributed by atoms with van der Waals surface area (Å²) in [6, 6.07) is 19.3. The minimum atomic E-state index is -4.09. The van der Waals surface area contributed by atoms with Gasteiger partial charge in [0.2, 0.25) is 0 Å². The number of nitrogens with one attached hydrogen (secondary N) is 1. The lowest BCUT2D eigenvalue weighted by atomic mass is 10.1. The maximum Gasteiger partial charge on any atom is 0.339 e. The smallest absolute Gasteiger partial charge is 0.339 e. The van der Waals surface area contributed by atoms with Crippen LogP contribution in [-0.2, 0) is 14.9 Å². The summed E-state index contributed by atoms with van der Waals surface area (Å²) in [5.41, 5.74) is 1.72. The van der Waals surface area contributed by atoms with Crippen LogP contribution in [-0.4, -0.2) is 28.0 Å². The normalized spacial score (nSPS) is 11.3. The molecule has 0 atom stereocenters. The number of hydrogen-bond acceptors (Lipinski definition) is 7. The quantitative estimate of drug-likeness (QED) is 0.261. The summed E-state index contributed by atoms with van der Waals surface area (Å²) in [5, 5.41) is 12.2. The first-order valence-corrected chi connectivity index (χ1v) is 12.0. The number of rotatable bonds is 9. The molecule has 3 aromatic carbocycles. The van der Waals surface area contributed by atoms with Crippen molar-refractivity contribution >= 4 is 27.8 Å². The fraction of sp³-hybridized carbons (Fsp3) is 0.154. The van der Waals surface area contributed by atoms with E-state index < -0.39 is 16.0 Å². The first kappa shape index (κ1) is 25.3. The molecule has 9 heteroatoms. The Labute approximate surface area is 204 Å². The summed E-state index contributed by atoms with van der Waals surface area (Å²) in [4.78, 5) is 12.6. The molecule has 3 aromatic rings. The fourth-order valence-corrected chi connectivity index (χ4v) is 3.95. The zero-order valence-corrected chi connectivity index (χ0v) is 20.3. The second-order valence-corrected chi connectivity index (χ2v) is 8.89. The van der Waals surface area contributed by atoms with Crippen molar-refractivity contribution in [3.8, 4) is 23.3 Å². The Kier molecular flexibility index (Phi) is 8.12. The molecule has 1 amide bonds. The molecule has 0 unspecified atom stereocenters. The van der Waals surface area contributed by atoms with Gasteiger partial charge < -0.3 is 19.0 Å². The molecule has 0 spiro atoms. The van der Waals surface area contributed by atoms with Crippen LogP contribution in [0.4, 0.5) is 5.69 Å². The summed E-state index contributed by atoms with van der Waals surface area (Å²) in [6.45, 7) is 3.84. The van der Waals surface area contributed by atoms with Gasteiger partial charge in [0.15, 0.2) is 11.5 Å². The van der Waals surface area contributed by atoms with E-state index in [1.807, 2.05) is 13.0 Å². The number of methoxy groups -OCH3 is 1. The molecule has 0 fully saturated rings. The Morgan fingerprint density at radius 3 is 2.31 bits per heavy atom. The minimum absolute atomic E-state index is 0.00855. The van der Waals surface area contributed by atoms with E-state index in [0.29, 0.717) is 17.0 Å². The lowest BCUT2D eigenvalue weighted by molar-refractivity contribution is -0.112. The minimum Gasteiger partial charge on any atom is -0.497 e. The van der Waals surface area contributed by atoms with Crippen LogP contribution in [0.1, 0.15) is 18.1 Å². The van der Waals surface area contributed by atoms with E-state index in [0.717, 1.165) is 5.56 Å². The SMILES string of the molecule is CCOc1cc(/C=C(\C#N)C(=O)Nc2ccc(OC)cc2)ccc1OS(=O)(=O)c1ccc(C)cc1. The highest BCUT2D eigenvalue weighted by molar-refractivity contribution is 7.87. The predicted molar refractivity (Wildman–Crippen MR) is 132 cm³/mol. The molecule has 3 rings (SSSR count). The number of anilines is 1. The summed E-state index contributed by atoms with van der Waals surface area (Å²) in [7, 11) is -2.55. The summed E-state index contributed by atoms with van der Waals surface area (Å²) >= 11 is 0. The fourth-order valence-electron chi connectivity index (χ4n) is 3.01. The number of nitriles is 1. The molecule has 0 bridgehead atoms. The number of benzene rings is 3. The first-order valence-electron chi connectivity index (χ1n) is 10.6. The van der Waals surface area contributed by atoms with Gasteiger partial charge in [0.25, 0.3) is 5.91 Å². The van der Waals surface area contributed by atoms with Crippen molar-refractivity contribution in [3.63, 3.8) is 0 Å². The maximum atomic E-state index is 12.7. The monoisotopic (exact) mass is 492 g/mol. The van der Waals surface area contributed by atoms with Crippen LogP contribution in [0.25, 0.3) is 6.08 Å². The van der Waals surface area contributed by atoms with Gasteiger partial charge in [-0.1, -0.05) is 23.8 Å². The van der Waals surface area contributed by atoms with Crippen molar-refractivity contribution in [1.29, 1.82) is 5.26 Å². The molecule has 0 aliphatic rings. The van der Waals surface area contributed by atoms with Crippen molar-refractivity contribution in [2.75, 3.05) is 19.0 Å². The van der Waals surface area contributed by atoms with Crippen LogP contribution in [0.15, 0.2) is 77.2 Å². The number of nitrogens with zero attached hydrogens (tertiary/aromatic N) is 1. The Morgan fingerprint density at radius 2 is 1.71 bits per heavy atom. The van der Waals surface area contributed by atoms with Gasteiger partial charge in [-0.25, -0.2) is 0 Å². The molecule has 0 heterocycles. The lowest BCUT2D eigenvalue weighted by Gasteiger charge is -2.13. The van der Waals surface area contributed by atoms with E-state index in [1.54, 1.807) is 43.3 Å². The van der Waals surface area contributed by atoms with Crippen molar-refractivity contribution in [3.05, 3.63) is 83.4 Å². The summed E-state index contributed by atoms with van der Waals surface area (Å²) in [5.74, 6) is 0.183. The molecule has 180 valence electrons. The molecule has 0 aromatic heterocycles. The van der Waals surface area contributed by atoms with Crippen molar-refractivity contribution < 1.29 is 26.9 Å². The third-order valence-corrected chi connectivity index (χ3v) is 6.05. The van der Waals surface area contributed by atoms with Gasteiger partial charge in [-0.15, -0.1) is 0 Å². The highest BCUT2D eigenvalue weighted by Gasteiger charge is 2.20. The number of aryl methyl sites for hydroxylation is 1. The molecule has 0 aliphatic carbocycles. The van der Waals surface area contributed by atoms with Crippen molar-refractivity contribution in [1.82, 2.24) is 0 Å². The molecule has 0 aliphatic heterocycles. The average molecular weight is 493 g/mol. The number of carbonyl (C=O) groups is 1. The maximum absolute atomic E-state index is 12.7. The number of hydrogen-bond donors (Lipinski definition) is 1. The standard InChI is InChI=1S/C26H24N2O6S/c1-4-33-25-16-19(7-14-24(25)34-35(30,31)23-12-5-18(2)6-13-23)15-20(17-27)26(29)28-21-8-10-22(32-3)11-9-21/h5-16H,4H2,1-3H3,(H,28,29)/b20-15+. The molecule has 35 heavy (non-hydrogen) atoms. The molecular weight excluding hydrogens is 468 g/mol. The first-order chi connectivity index (χ1) is 16.7. The predicted octanol–water partition coefficient (Wildman–Crippen LogP) is 4.72. The Balaban J connectivity index is 1.85. The number of carbonyl (C=O) groups excluding carboxylic acids is 1. The van der Waals surface area contributed by atoms with Gasteiger partial charge in [0, 0.05) is 5.69 Å². The lowest BCUT2D eigenvalue weighted by Crippen LogP contribution is -2.13. The van der Waals surface area contributed by atoms with Gasteiger partial charge >= 0.3 is 10.1 Å². The molecule has 0 radical (unpaired) electrons. The van der Waals surface area contributed by atoms with E-state index in [4.69, 9.17) is 13.7 Å². The zero-order chi connectivity index (χ0) is 25.4. The highest BCUT2D eigenvalue weighted by Crippen LogP contribution is 2.32. The molecule has 0 saturated carbocycles. The van der Waals surface area contributed by atoms with Gasteiger partial charge in [0.1, 0.15) is 22.3 Å². The van der Waals surface area contributed by atoms with Gasteiger partial charge in [0.05, 0.1) is 13.7 Å². The molecular formula is C26H24N2O6S. The van der Waals surface area contributed by atoms with E-state index in [9.17, 15) is 18.5 Å². The van der Waals surface area contributed by atoms with Crippen LogP contribution in [0.2, 0.25) is 0 Å². The summed E-state index contributed by atoms with van der Waals surface area (Å²) in [6.07, 6.45) is 1.37. The van der Waals surface area contributed by atoms with Gasteiger partial charge in [-0.05, 0) is 74.0 Å². The van der Waals surface area contributed by atoms with Crippen LogP contribution < -0.4 is 19.0 Å². The largest absolute Gasteiger partial charge is 0.497 e. The van der Waals surface area contributed by atoms with E-state index >= 15 is 0 Å². The van der Waals surface area contributed by atoms with Gasteiger partial charge in [-0.3, -0.25) is 4.79 Å². The van der Waals surface area contributed by atoms with Crippen LogP contribution in [0, 0.1) is 18.3 Å². The molecule has 0 saturated heterocycles. The average Bonchev–Trinajstić information content (AvgIpc) is 2.84. The van der Waals surface area contributed by atoms with E-state index in [-0.39, 0.29) is 28.6 Å². The third kappa shape index (κ3) is 6.62. The summed E-state index contributed by atoms with van der Waals surface area (Å²) < 4.78 is 41.3. The van der Waals surface area contributed by atoms with Gasteiger partial charge in [-0.2, -0.15) is 13.7 Å². The number of amides is 1. The molecule has 8 nitrogen and oxygen atoms in total. The zero-order valence-electron chi connectivity index (χ0n) is 19.4.